The van der Waals surface area contributed by atoms with Crippen molar-refractivity contribution in [2.24, 2.45) is 0 Å². The van der Waals surface area contributed by atoms with Gasteiger partial charge in [0.2, 0.25) is 5.91 Å². The molecule has 0 fully saturated rings. The monoisotopic (exact) mass is 520 g/mol. The highest BCUT2D eigenvalue weighted by atomic mass is 32.1. The maximum atomic E-state index is 12.2. The molecule has 37 heavy (non-hydrogen) atoms. The van der Waals surface area contributed by atoms with Crippen LogP contribution in [-0.2, 0) is 20.7 Å². The Morgan fingerprint density at radius 1 is 0.730 bits per heavy atom. The van der Waals surface area contributed by atoms with Crippen molar-refractivity contribution in [3.05, 3.63) is 90.5 Å². The molecule has 0 saturated heterocycles. The number of anilines is 1. The minimum atomic E-state index is -0.299. The number of para-hydroxylation sites is 1. The number of rotatable bonds is 14. The first kappa shape index (κ1) is 27.7. The van der Waals surface area contributed by atoms with E-state index in [0.29, 0.717) is 37.7 Å². The largest absolute Gasteiger partial charge is 0.490 e. The molecule has 7 nitrogen and oxygen atoms in total. The molecule has 0 aliphatic rings. The van der Waals surface area contributed by atoms with Gasteiger partial charge < -0.3 is 24.8 Å². The molecule has 0 spiro atoms. The molecule has 3 rings (SSSR count). The molecule has 3 aromatic carbocycles. The van der Waals surface area contributed by atoms with Crippen molar-refractivity contribution in [2.75, 3.05) is 25.1 Å². The summed E-state index contributed by atoms with van der Waals surface area (Å²) < 4.78 is 16.6. The molecule has 0 atom stereocenters. The highest BCUT2D eigenvalue weighted by Crippen LogP contribution is 2.17. The number of benzene rings is 3. The van der Waals surface area contributed by atoms with E-state index >= 15 is 0 Å². The average Bonchev–Trinajstić information content (AvgIpc) is 2.90. The molecule has 0 saturated carbocycles. The van der Waals surface area contributed by atoms with Crippen LogP contribution in [0.25, 0.3) is 0 Å². The number of thiocarbonyl (C=S) groups is 1. The molecule has 1 amide bonds. The van der Waals surface area contributed by atoms with E-state index in [-0.39, 0.29) is 29.8 Å². The van der Waals surface area contributed by atoms with Crippen LogP contribution in [0, 0.1) is 0 Å². The van der Waals surface area contributed by atoms with Crippen LogP contribution < -0.4 is 20.1 Å². The highest BCUT2D eigenvalue weighted by molar-refractivity contribution is 7.80. The van der Waals surface area contributed by atoms with E-state index < -0.39 is 0 Å². The van der Waals surface area contributed by atoms with Gasteiger partial charge in [-0.05, 0) is 61.3 Å². The predicted molar refractivity (Wildman–Crippen MR) is 148 cm³/mol. The van der Waals surface area contributed by atoms with E-state index in [0.717, 1.165) is 18.6 Å². The molecule has 0 aliphatic carbocycles. The number of hydrogen-bond donors (Lipinski definition) is 2. The molecule has 194 valence electrons. The number of carbonyl (C=O) groups is 2. The Balaban J connectivity index is 1.26. The minimum absolute atomic E-state index is 0.172. The maximum absolute atomic E-state index is 12.2. The topological polar surface area (TPSA) is 85.9 Å². The zero-order chi connectivity index (χ0) is 26.1. The molecule has 0 bridgehead atoms. The van der Waals surface area contributed by atoms with Gasteiger partial charge in [0, 0.05) is 24.6 Å². The number of nitrogens with one attached hydrogen (secondary N) is 2. The first-order valence-electron chi connectivity index (χ1n) is 12.3. The summed E-state index contributed by atoms with van der Waals surface area (Å²) in [4.78, 5) is 24.1. The van der Waals surface area contributed by atoms with Crippen LogP contribution in [0.5, 0.6) is 11.5 Å². The van der Waals surface area contributed by atoms with Gasteiger partial charge in [-0.3, -0.25) is 9.59 Å². The van der Waals surface area contributed by atoms with Gasteiger partial charge in [-0.25, -0.2) is 0 Å². The summed E-state index contributed by atoms with van der Waals surface area (Å²) in [6.45, 7) is 1.17. The summed E-state index contributed by atoms with van der Waals surface area (Å²) in [6, 6.07) is 26.8. The van der Waals surface area contributed by atoms with Crippen LogP contribution in [0.3, 0.4) is 0 Å². The van der Waals surface area contributed by atoms with Crippen molar-refractivity contribution in [1.82, 2.24) is 5.32 Å². The maximum Gasteiger partial charge on any atom is 0.305 e. The first-order valence-corrected chi connectivity index (χ1v) is 12.7. The molecular formula is C29H32N2O5S. The van der Waals surface area contributed by atoms with Crippen LogP contribution >= 0.6 is 12.2 Å². The van der Waals surface area contributed by atoms with Crippen LogP contribution in [0.2, 0.25) is 0 Å². The Bertz CT molecular complexity index is 1130. The molecule has 8 heteroatoms. The standard InChI is InChI=1S/C29H32N2O5S/c32-27(17-8-18-28(33)36-19-9-12-23-10-3-1-4-11-23)31-29(37)30-24-13-7-16-26(22-24)35-21-20-34-25-14-5-2-6-15-25/h1-7,10-11,13-16,22H,8-9,12,17-21H2,(H2,30,31,32,37). The van der Waals surface area contributed by atoms with Crippen molar-refractivity contribution in [3.63, 3.8) is 0 Å². The average molecular weight is 521 g/mol. The SMILES string of the molecule is O=C(CCCC(=O)OCCCc1ccccc1)NC(=S)Nc1cccc(OCCOc2ccccc2)c1. The third-order valence-electron chi connectivity index (χ3n) is 5.21. The quantitative estimate of drug-likeness (QED) is 0.169. The zero-order valence-corrected chi connectivity index (χ0v) is 21.5. The molecular weight excluding hydrogens is 488 g/mol. The lowest BCUT2D eigenvalue weighted by Crippen LogP contribution is -2.34. The van der Waals surface area contributed by atoms with Crippen molar-refractivity contribution in [1.29, 1.82) is 0 Å². The Labute approximate surface area is 223 Å². The number of aryl methyl sites for hydroxylation is 1. The smallest absolute Gasteiger partial charge is 0.305 e. The molecule has 0 unspecified atom stereocenters. The third-order valence-corrected chi connectivity index (χ3v) is 5.41. The van der Waals surface area contributed by atoms with Gasteiger partial charge in [-0.2, -0.15) is 0 Å². The van der Waals surface area contributed by atoms with Crippen molar-refractivity contribution in [2.45, 2.75) is 32.1 Å². The lowest BCUT2D eigenvalue weighted by atomic mass is 10.1. The Kier molecular flexibility index (Phi) is 11.9. The van der Waals surface area contributed by atoms with E-state index in [1.165, 1.54) is 5.56 Å². The lowest BCUT2D eigenvalue weighted by molar-refractivity contribution is -0.143. The number of esters is 1. The highest BCUT2D eigenvalue weighted by Gasteiger charge is 2.09. The molecule has 0 aromatic heterocycles. The van der Waals surface area contributed by atoms with Crippen LogP contribution in [0.15, 0.2) is 84.9 Å². The molecule has 0 aliphatic heterocycles. The van der Waals surface area contributed by atoms with Gasteiger partial charge in [0.25, 0.3) is 0 Å². The Hall–Kier alpha value is -3.91. The van der Waals surface area contributed by atoms with E-state index in [2.05, 4.69) is 10.6 Å². The second kappa shape index (κ2) is 16.0. The fraction of sp³-hybridized carbons (Fsp3) is 0.276. The summed E-state index contributed by atoms with van der Waals surface area (Å²) in [5, 5.41) is 5.78. The number of hydrogen-bond acceptors (Lipinski definition) is 6. The van der Waals surface area contributed by atoms with Gasteiger partial charge in [-0.1, -0.05) is 54.6 Å². The Morgan fingerprint density at radius 2 is 1.41 bits per heavy atom. The number of carbonyl (C=O) groups excluding carboxylic acids is 2. The second-order valence-corrected chi connectivity index (χ2v) is 8.61. The molecule has 0 heterocycles. The van der Waals surface area contributed by atoms with Crippen molar-refractivity contribution in [3.8, 4) is 11.5 Å². The minimum Gasteiger partial charge on any atom is -0.490 e. The molecule has 2 N–H and O–H groups in total. The van der Waals surface area contributed by atoms with Gasteiger partial charge in [0.1, 0.15) is 24.7 Å². The summed E-state index contributed by atoms with van der Waals surface area (Å²) >= 11 is 5.23. The van der Waals surface area contributed by atoms with Crippen LogP contribution in [0.1, 0.15) is 31.2 Å². The van der Waals surface area contributed by atoms with E-state index in [4.69, 9.17) is 26.4 Å². The van der Waals surface area contributed by atoms with Crippen LogP contribution in [-0.4, -0.2) is 36.8 Å². The lowest BCUT2D eigenvalue weighted by Gasteiger charge is -2.12. The zero-order valence-electron chi connectivity index (χ0n) is 20.7. The van der Waals surface area contributed by atoms with Gasteiger partial charge in [0.05, 0.1) is 6.61 Å². The van der Waals surface area contributed by atoms with Crippen molar-refractivity contribution < 1.29 is 23.8 Å². The van der Waals surface area contributed by atoms with Crippen LogP contribution in [0.4, 0.5) is 5.69 Å². The summed E-state index contributed by atoms with van der Waals surface area (Å²) in [7, 11) is 0. The molecule has 3 aromatic rings. The fourth-order valence-electron chi connectivity index (χ4n) is 3.42. The van der Waals surface area contributed by atoms with Crippen molar-refractivity contribution >= 4 is 34.9 Å². The normalized spacial score (nSPS) is 10.3. The molecule has 0 radical (unpaired) electrons. The van der Waals surface area contributed by atoms with E-state index in [1.807, 2.05) is 78.9 Å². The van der Waals surface area contributed by atoms with E-state index in [1.54, 1.807) is 6.07 Å². The fourth-order valence-corrected chi connectivity index (χ4v) is 3.65. The first-order chi connectivity index (χ1) is 18.1. The number of ether oxygens (including phenoxy) is 3. The Morgan fingerprint density at radius 3 is 2.16 bits per heavy atom. The second-order valence-electron chi connectivity index (χ2n) is 8.20. The van der Waals surface area contributed by atoms with E-state index in [9.17, 15) is 9.59 Å². The predicted octanol–water partition coefficient (Wildman–Crippen LogP) is 5.30. The summed E-state index contributed by atoms with van der Waals surface area (Å²) in [5.74, 6) is 0.879. The van der Waals surface area contributed by atoms with Gasteiger partial charge >= 0.3 is 5.97 Å². The summed E-state index contributed by atoms with van der Waals surface area (Å²) in [6.07, 6.45) is 2.38. The number of amides is 1. The van der Waals surface area contributed by atoms with Gasteiger partial charge in [-0.15, -0.1) is 0 Å². The third kappa shape index (κ3) is 11.6. The summed E-state index contributed by atoms with van der Waals surface area (Å²) in [5.41, 5.74) is 1.90. The van der Waals surface area contributed by atoms with Gasteiger partial charge in [0.15, 0.2) is 5.11 Å².